The van der Waals surface area contributed by atoms with Crippen LogP contribution in [0.15, 0.2) is 102 Å². The SMILES string of the molecule is C=C(/N=C\C=C/N)Nc1ccc(Nc2ncc3c(n2)-c2ccc(Cl)cc2C(c2c(F)cccc2F)=NC3)cc1. The zero-order valence-electron chi connectivity index (χ0n) is 20.5. The van der Waals surface area contributed by atoms with Crippen LogP contribution in [0, 0.1) is 11.6 Å². The summed E-state index contributed by atoms with van der Waals surface area (Å²) in [5, 5.41) is 6.68. The number of nitrogens with zero attached hydrogens (tertiary/aromatic N) is 4. The third kappa shape index (κ3) is 5.68. The topological polar surface area (TPSA) is 101 Å². The van der Waals surface area contributed by atoms with Gasteiger partial charge in [-0.05, 0) is 60.8 Å². The standard InChI is InChI=1S/C29H22ClF2N7/c1-17(34-13-3-12-33)37-20-7-9-21(10-8-20)38-29-36-16-18-15-35-28(26-24(31)4-2-5-25(26)32)23-14-19(30)6-11-22(23)27(18)39-29/h2-14,16,37H,1,15,33H2,(H,36,38,39)/b12-3-,34-13-. The molecule has 0 aliphatic carbocycles. The van der Waals surface area contributed by atoms with Crippen LogP contribution in [-0.4, -0.2) is 21.9 Å². The van der Waals surface area contributed by atoms with E-state index in [0.29, 0.717) is 39.2 Å². The number of hydrogen-bond acceptors (Lipinski definition) is 7. The summed E-state index contributed by atoms with van der Waals surface area (Å²) in [4.78, 5) is 17.8. The Bertz CT molecular complexity index is 1630. The summed E-state index contributed by atoms with van der Waals surface area (Å²) in [6, 6.07) is 16.2. The van der Waals surface area contributed by atoms with Crippen molar-refractivity contribution in [1.82, 2.24) is 9.97 Å². The molecule has 0 radical (unpaired) electrons. The van der Waals surface area contributed by atoms with Crippen molar-refractivity contribution in [2.24, 2.45) is 15.7 Å². The van der Waals surface area contributed by atoms with Crippen molar-refractivity contribution in [3.05, 3.63) is 125 Å². The highest BCUT2D eigenvalue weighted by Gasteiger charge is 2.25. The lowest BCUT2D eigenvalue weighted by Crippen LogP contribution is -2.10. The number of allylic oxidation sites excluding steroid dienone is 1. The van der Waals surface area contributed by atoms with Crippen molar-refractivity contribution >= 4 is 40.9 Å². The van der Waals surface area contributed by atoms with Gasteiger partial charge in [-0.1, -0.05) is 30.3 Å². The second-order valence-corrected chi connectivity index (χ2v) is 8.89. The van der Waals surface area contributed by atoms with Crippen molar-refractivity contribution in [2.45, 2.75) is 6.54 Å². The molecule has 0 fully saturated rings. The van der Waals surface area contributed by atoms with Crippen LogP contribution in [0.1, 0.15) is 16.7 Å². The number of hydrogen-bond donors (Lipinski definition) is 3. The van der Waals surface area contributed by atoms with Gasteiger partial charge in [0.25, 0.3) is 0 Å². The molecular formula is C29H22ClF2N7. The Kier molecular flexibility index (Phi) is 7.42. The van der Waals surface area contributed by atoms with Crippen molar-refractivity contribution < 1.29 is 8.78 Å². The first-order valence-corrected chi connectivity index (χ1v) is 12.2. The van der Waals surface area contributed by atoms with Crippen molar-refractivity contribution in [3.8, 4) is 11.3 Å². The van der Waals surface area contributed by atoms with Gasteiger partial charge >= 0.3 is 0 Å². The Morgan fingerprint density at radius 1 is 1.03 bits per heavy atom. The predicted molar refractivity (Wildman–Crippen MR) is 152 cm³/mol. The van der Waals surface area contributed by atoms with Crippen LogP contribution in [0.2, 0.25) is 5.02 Å². The number of aromatic nitrogens is 2. The molecule has 0 unspecified atom stereocenters. The summed E-state index contributed by atoms with van der Waals surface area (Å²) < 4.78 is 29.5. The van der Waals surface area contributed by atoms with Gasteiger partial charge in [0.2, 0.25) is 5.95 Å². The van der Waals surface area contributed by atoms with Crippen molar-refractivity contribution in [2.75, 3.05) is 10.6 Å². The Hall–Kier alpha value is -4.89. The van der Waals surface area contributed by atoms with Crippen LogP contribution in [0.25, 0.3) is 11.3 Å². The van der Waals surface area contributed by atoms with E-state index in [1.165, 1.54) is 30.6 Å². The molecule has 0 amide bonds. The van der Waals surface area contributed by atoms with Crippen LogP contribution in [0.5, 0.6) is 0 Å². The number of benzene rings is 3. The number of nitrogens with two attached hydrogens (primary N) is 1. The minimum atomic E-state index is -0.709. The largest absolute Gasteiger partial charge is 0.405 e. The summed E-state index contributed by atoms with van der Waals surface area (Å²) >= 11 is 6.29. The van der Waals surface area contributed by atoms with Gasteiger partial charge < -0.3 is 16.4 Å². The van der Waals surface area contributed by atoms with Gasteiger partial charge in [-0.2, -0.15) is 0 Å². The second kappa shape index (κ2) is 11.2. The fourth-order valence-electron chi connectivity index (χ4n) is 4.07. The van der Waals surface area contributed by atoms with Crippen LogP contribution >= 0.6 is 11.6 Å². The van der Waals surface area contributed by atoms with E-state index in [-0.39, 0.29) is 17.8 Å². The maximum Gasteiger partial charge on any atom is 0.227 e. The highest BCUT2D eigenvalue weighted by atomic mass is 35.5. The average Bonchev–Trinajstić information content (AvgIpc) is 3.06. The van der Waals surface area contributed by atoms with Gasteiger partial charge in [-0.15, -0.1) is 0 Å². The molecule has 0 bridgehead atoms. The van der Waals surface area contributed by atoms with Crippen LogP contribution < -0.4 is 16.4 Å². The van der Waals surface area contributed by atoms with E-state index in [4.69, 9.17) is 22.3 Å². The number of nitrogens with one attached hydrogen (secondary N) is 2. The van der Waals surface area contributed by atoms with E-state index >= 15 is 0 Å². The average molecular weight is 542 g/mol. The molecule has 2 heterocycles. The highest BCUT2D eigenvalue weighted by Crippen LogP contribution is 2.34. The lowest BCUT2D eigenvalue weighted by Gasteiger charge is -2.13. The second-order valence-electron chi connectivity index (χ2n) is 8.46. The Labute approximate surface area is 228 Å². The number of rotatable bonds is 7. The molecule has 3 aromatic carbocycles. The van der Waals surface area contributed by atoms with E-state index in [1.807, 2.05) is 24.3 Å². The maximum atomic E-state index is 14.8. The molecule has 1 aliphatic rings. The number of halogens is 3. The first kappa shape index (κ1) is 25.7. The molecule has 0 saturated carbocycles. The van der Waals surface area contributed by atoms with E-state index in [2.05, 4.69) is 32.2 Å². The molecular weight excluding hydrogens is 520 g/mol. The van der Waals surface area contributed by atoms with Gasteiger partial charge in [-0.25, -0.2) is 23.7 Å². The summed E-state index contributed by atoms with van der Waals surface area (Å²) in [7, 11) is 0. The molecule has 10 heteroatoms. The monoisotopic (exact) mass is 541 g/mol. The fourth-order valence-corrected chi connectivity index (χ4v) is 4.24. The molecule has 0 spiro atoms. The smallest absolute Gasteiger partial charge is 0.227 e. The molecule has 194 valence electrons. The minimum Gasteiger partial charge on any atom is -0.405 e. The molecule has 4 aromatic rings. The molecule has 0 saturated heterocycles. The molecule has 1 aromatic heterocycles. The van der Waals surface area contributed by atoms with E-state index in [9.17, 15) is 8.78 Å². The summed E-state index contributed by atoms with van der Waals surface area (Å²) in [6.45, 7) is 3.98. The van der Waals surface area contributed by atoms with E-state index in [1.54, 1.807) is 30.5 Å². The van der Waals surface area contributed by atoms with Crippen molar-refractivity contribution in [1.29, 1.82) is 0 Å². The van der Waals surface area contributed by atoms with E-state index < -0.39 is 11.6 Å². The zero-order valence-corrected chi connectivity index (χ0v) is 21.3. The Morgan fingerprint density at radius 2 is 1.77 bits per heavy atom. The van der Waals surface area contributed by atoms with Gasteiger partial charge in [0, 0.05) is 45.5 Å². The lowest BCUT2D eigenvalue weighted by atomic mass is 9.95. The molecule has 39 heavy (non-hydrogen) atoms. The summed E-state index contributed by atoms with van der Waals surface area (Å²) in [5.41, 5.74) is 9.20. The predicted octanol–water partition coefficient (Wildman–Crippen LogP) is 6.60. The minimum absolute atomic E-state index is 0.138. The molecule has 7 nitrogen and oxygen atoms in total. The summed E-state index contributed by atoms with van der Waals surface area (Å²) in [6.07, 6.45) is 6.16. The Morgan fingerprint density at radius 3 is 2.51 bits per heavy atom. The van der Waals surface area contributed by atoms with Crippen molar-refractivity contribution in [3.63, 3.8) is 0 Å². The molecule has 1 aliphatic heterocycles. The normalized spacial score (nSPS) is 12.5. The van der Waals surface area contributed by atoms with E-state index in [0.717, 1.165) is 11.4 Å². The quantitative estimate of drug-likeness (QED) is 0.229. The highest BCUT2D eigenvalue weighted by molar-refractivity contribution is 6.31. The number of aliphatic imine (C=N–C) groups is 2. The number of anilines is 3. The maximum absolute atomic E-state index is 14.8. The molecule has 0 atom stereocenters. The third-order valence-electron chi connectivity index (χ3n) is 5.82. The Balaban J connectivity index is 1.44. The summed E-state index contributed by atoms with van der Waals surface area (Å²) in [5.74, 6) is -0.614. The van der Waals surface area contributed by atoms with Gasteiger partial charge in [0.1, 0.15) is 17.5 Å². The first-order valence-electron chi connectivity index (χ1n) is 11.8. The zero-order chi connectivity index (χ0) is 27.4. The van der Waals surface area contributed by atoms with Crippen LogP contribution in [0.3, 0.4) is 0 Å². The third-order valence-corrected chi connectivity index (χ3v) is 6.06. The van der Waals surface area contributed by atoms with Crippen LogP contribution in [0.4, 0.5) is 26.1 Å². The lowest BCUT2D eigenvalue weighted by molar-refractivity contribution is 0.579. The number of fused-ring (bicyclic) bond motifs is 3. The van der Waals surface area contributed by atoms with Gasteiger partial charge in [0.15, 0.2) is 0 Å². The van der Waals surface area contributed by atoms with Gasteiger partial charge in [-0.3, -0.25) is 4.99 Å². The van der Waals surface area contributed by atoms with Gasteiger partial charge in [0.05, 0.1) is 23.5 Å². The fraction of sp³-hybridized carbons (Fsp3) is 0.0345. The van der Waals surface area contributed by atoms with Crippen LogP contribution in [-0.2, 0) is 6.54 Å². The molecule has 4 N–H and O–H groups in total. The first-order chi connectivity index (χ1) is 18.9. The molecule has 5 rings (SSSR count).